The lowest BCUT2D eigenvalue weighted by Crippen LogP contribution is -2.38. The molecule has 0 bridgehead atoms. The van der Waals surface area contributed by atoms with E-state index in [-0.39, 0.29) is 11.4 Å². The Morgan fingerprint density at radius 3 is 2.64 bits per heavy atom. The van der Waals surface area contributed by atoms with E-state index in [1.807, 2.05) is 0 Å². The fourth-order valence-electron chi connectivity index (χ4n) is 2.58. The predicted octanol–water partition coefficient (Wildman–Crippen LogP) is 0.754. The van der Waals surface area contributed by atoms with Crippen molar-refractivity contribution >= 4 is 11.7 Å². The molecule has 0 saturated carbocycles. The summed E-state index contributed by atoms with van der Waals surface area (Å²) in [4.78, 5) is 47.9. The van der Waals surface area contributed by atoms with Crippen molar-refractivity contribution in [3.05, 3.63) is 93.8 Å². The number of carbonyl (C=O) groups is 1. The number of nitrogens with zero attached hydrogens (tertiary/aromatic N) is 5. The molecule has 0 unspecified atom stereocenters. The van der Waals surface area contributed by atoms with Crippen LogP contribution in [0.25, 0.3) is 11.5 Å². The van der Waals surface area contributed by atoms with Crippen molar-refractivity contribution in [2.24, 2.45) is 0 Å². The Labute approximate surface area is 157 Å². The SMILES string of the molecule is O=C(Nc1cc(-n2cccn2)ncn1)c1c[nH]c(=O)n(-c2ccccc2)c1=O. The van der Waals surface area contributed by atoms with Crippen LogP contribution in [0.1, 0.15) is 10.4 Å². The van der Waals surface area contributed by atoms with Gasteiger partial charge in [0.1, 0.15) is 17.7 Å². The Hall–Kier alpha value is -4.34. The van der Waals surface area contributed by atoms with E-state index in [1.165, 1.54) is 17.1 Å². The molecule has 10 nitrogen and oxygen atoms in total. The minimum Gasteiger partial charge on any atom is -0.313 e. The molecule has 0 fully saturated rings. The van der Waals surface area contributed by atoms with Crippen LogP contribution < -0.4 is 16.6 Å². The van der Waals surface area contributed by atoms with Gasteiger partial charge in [0.15, 0.2) is 5.82 Å². The molecule has 0 atom stereocenters. The van der Waals surface area contributed by atoms with Gasteiger partial charge in [0.25, 0.3) is 11.5 Å². The summed E-state index contributed by atoms with van der Waals surface area (Å²) in [6, 6.07) is 11.6. The van der Waals surface area contributed by atoms with Gasteiger partial charge >= 0.3 is 5.69 Å². The first-order valence-corrected chi connectivity index (χ1v) is 8.17. The average molecular weight is 375 g/mol. The van der Waals surface area contributed by atoms with E-state index < -0.39 is 17.2 Å². The van der Waals surface area contributed by atoms with Gasteiger partial charge in [-0.1, -0.05) is 18.2 Å². The third-order valence-corrected chi connectivity index (χ3v) is 3.87. The third kappa shape index (κ3) is 3.21. The summed E-state index contributed by atoms with van der Waals surface area (Å²) in [5.74, 6) is -0.0862. The molecular formula is C18H13N7O3. The van der Waals surface area contributed by atoms with Gasteiger partial charge in [0, 0.05) is 24.7 Å². The molecule has 10 heteroatoms. The molecule has 3 aromatic heterocycles. The minimum atomic E-state index is -0.742. The van der Waals surface area contributed by atoms with Gasteiger partial charge in [-0.2, -0.15) is 5.10 Å². The molecule has 0 spiro atoms. The van der Waals surface area contributed by atoms with Crippen LogP contribution in [0.3, 0.4) is 0 Å². The van der Waals surface area contributed by atoms with Crippen LogP contribution in [0.15, 0.2) is 77.0 Å². The van der Waals surface area contributed by atoms with E-state index in [0.717, 1.165) is 10.8 Å². The molecule has 1 amide bonds. The van der Waals surface area contributed by atoms with Crippen LogP contribution in [0.2, 0.25) is 0 Å². The van der Waals surface area contributed by atoms with Gasteiger partial charge in [-0.05, 0) is 18.2 Å². The highest BCUT2D eigenvalue weighted by molar-refractivity contribution is 6.03. The van der Waals surface area contributed by atoms with Gasteiger partial charge in [0.05, 0.1) is 5.69 Å². The maximum absolute atomic E-state index is 12.7. The van der Waals surface area contributed by atoms with Crippen LogP contribution in [0.4, 0.5) is 5.82 Å². The van der Waals surface area contributed by atoms with Gasteiger partial charge in [-0.15, -0.1) is 0 Å². The summed E-state index contributed by atoms with van der Waals surface area (Å²) in [5.41, 5.74) is -1.27. The Kier molecular flexibility index (Phi) is 4.34. The third-order valence-electron chi connectivity index (χ3n) is 3.87. The molecule has 1 aromatic carbocycles. The van der Waals surface area contributed by atoms with E-state index in [1.54, 1.807) is 48.8 Å². The number of benzene rings is 1. The van der Waals surface area contributed by atoms with Crippen LogP contribution in [-0.4, -0.2) is 35.2 Å². The van der Waals surface area contributed by atoms with Gasteiger partial charge < -0.3 is 10.3 Å². The number of nitrogens with one attached hydrogen (secondary N) is 2. The maximum atomic E-state index is 12.7. The number of H-pyrrole nitrogens is 1. The second-order valence-corrected chi connectivity index (χ2v) is 5.65. The molecule has 3 heterocycles. The van der Waals surface area contributed by atoms with Crippen molar-refractivity contribution in [1.29, 1.82) is 0 Å². The van der Waals surface area contributed by atoms with Crippen molar-refractivity contribution in [3.8, 4) is 11.5 Å². The zero-order valence-electron chi connectivity index (χ0n) is 14.3. The first-order valence-electron chi connectivity index (χ1n) is 8.17. The summed E-state index contributed by atoms with van der Waals surface area (Å²) in [7, 11) is 0. The molecule has 4 aromatic rings. The lowest BCUT2D eigenvalue weighted by atomic mass is 10.2. The normalized spacial score (nSPS) is 10.6. The van der Waals surface area contributed by atoms with E-state index in [2.05, 4.69) is 25.4 Å². The minimum absolute atomic E-state index is 0.183. The number of hydrogen-bond donors (Lipinski definition) is 2. The molecule has 138 valence electrons. The van der Waals surface area contributed by atoms with Crippen molar-refractivity contribution in [2.75, 3.05) is 5.32 Å². The summed E-state index contributed by atoms with van der Waals surface area (Å²) >= 11 is 0. The van der Waals surface area contributed by atoms with Crippen molar-refractivity contribution in [3.63, 3.8) is 0 Å². The Balaban J connectivity index is 1.67. The molecule has 0 aliphatic rings. The number of carbonyl (C=O) groups excluding carboxylic acids is 1. The number of anilines is 1. The zero-order valence-corrected chi connectivity index (χ0v) is 14.3. The quantitative estimate of drug-likeness (QED) is 0.542. The van der Waals surface area contributed by atoms with Gasteiger partial charge in [-0.25, -0.2) is 24.0 Å². The first kappa shape index (κ1) is 17.1. The standard InChI is InChI=1S/C18H13N7O3/c26-16(23-14-9-15(21-11-20-14)24-8-4-7-22-24)13-10-19-18(28)25(17(13)27)12-5-2-1-3-6-12/h1-11H,(H,19,28)(H,20,21,23,26). The van der Waals surface area contributed by atoms with Crippen molar-refractivity contribution in [2.45, 2.75) is 0 Å². The molecule has 4 rings (SSSR count). The average Bonchev–Trinajstić information content (AvgIpc) is 3.24. The highest BCUT2D eigenvalue weighted by Gasteiger charge is 2.16. The lowest BCUT2D eigenvalue weighted by Gasteiger charge is -2.08. The molecule has 0 radical (unpaired) electrons. The number of para-hydroxylation sites is 1. The number of aromatic amines is 1. The van der Waals surface area contributed by atoms with E-state index >= 15 is 0 Å². The molecule has 2 N–H and O–H groups in total. The number of aromatic nitrogens is 6. The first-order chi connectivity index (χ1) is 13.6. The highest BCUT2D eigenvalue weighted by Crippen LogP contribution is 2.09. The monoisotopic (exact) mass is 375 g/mol. The summed E-state index contributed by atoms with van der Waals surface area (Å²) in [5, 5.41) is 6.59. The number of rotatable bonds is 4. The maximum Gasteiger partial charge on any atom is 0.333 e. The molecule has 0 aliphatic heterocycles. The van der Waals surface area contributed by atoms with Crippen molar-refractivity contribution < 1.29 is 4.79 Å². The highest BCUT2D eigenvalue weighted by atomic mass is 16.2. The predicted molar refractivity (Wildman–Crippen MR) is 99.8 cm³/mol. The van der Waals surface area contributed by atoms with Crippen LogP contribution in [0.5, 0.6) is 0 Å². The van der Waals surface area contributed by atoms with Crippen LogP contribution in [0, 0.1) is 0 Å². The zero-order chi connectivity index (χ0) is 19.5. The second-order valence-electron chi connectivity index (χ2n) is 5.65. The molecule has 28 heavy (non-hydrogen) atoms. The molecule has 0 saturated heterocycles. The fourth-order valence-corrected chi connectivity index (χ4v) is 2.58. The largest absolute Gasteiger partial charge is 0.333 e. The van der Waals surface area contributed by atoms with Crippen LogP contribution >= 0.6 is 0 Å². The Bertz CT molecular complexity index is 1240. The van der Waals surface area contributed by atoms with Crippen molar-refractivity contribution in [1.82, 2.24) is 29.3 Å². The lowest BCUT2D eigenvalue weighted by molar-refractivity contribution is 0.102. The Morgan fingerprint density at radius 1 is 1.07 bits per heavy atom. The second kappa shape index (κ2) is 7.11. The molecular weight excluding hydrogens is 362 g/mol. The van der Waals surface area contributed by atoms with Crippen LogP contribution in [-0.2, 0) is 0 Å². The Morgan fingerprint density at radius 2 is 1.89 bits per heavy atom. The smallest absolute Gasteiger partial charge is 0.313 e. The summed E-state index contributed by atoms with van der Waals surface area (Å²) in [6.07, 6.45) is 5.62. The van der Waals surface area contributed by atoms with Gasteiger partial charge in [0.2, 0.25) is 0 Å². The number of hydrogen-bond acceptors (Lipinski definition) is 6. The topological polar surface area (TPSA) is 128 Å². The summed E-state index contributed by atoms with van der Waals surface area (Å²) in [6.45, 7) is 0. The van der Waals surface area contributed by atoms with E-state index in [9.17, 15) is 14.4 Å². The summed E-state index contributed by atoms with van der Waals surface area (Å²) < 4.78 is 2.39. The molecule has 0 aliphatic carbocycles. The van der Waals surface area contributed by atoms with Gasteiger partial charge in [-0.3, -0.25) is 9.59 Å². The van der Waals surface area contributed by atoms with E-state index in [0.29, 0.717) is 11.5 Å². The number of amides is 1. The fraction of sp³-hybridized carbons (Fsp3) is 0. The van der Waals surface area contributed by atoms with E-state index in [4.69, 9.17) is 0 Å².